The maximum atomic E-state index is 4.64. The summed E-state index contributed by atoms with van der Waals surface area (Å²) in [6, 6.07) is 0. The Morgan fingerprint density at radius 2 is 2.00 bits per heavy atom. The molecule has 1 aliphatic heterocycles. The van der Waals surface area contributed by atoms with Gasteiger partial charge in [-0.15, -0.1) is 10.2 Å². The number of aliphatic imine (C=N–C) groups is 1. The van der Waals surface area contributed by atoms with E-state index in [0.717, 1.165) is 0 Å². The van der Waals surface area contributed by atoms with Crippen LogP contribution >= 0.6 is 24.4 Å². The van der Waals surface area contributed by atoms with E-state index in [0.29, 0.717) is 9.98 Å². The van der Waals surface area contributed by atoms with E-state index >= 15 is 0 Å². The zero-order valence-electron chi connectivity index (χ0n) is 3.74. The molecule has 0 amide bonds. The summed E-state index contributed by atoms with van der Waals surface area (Å²) in [5.74, 6) is 0. The summed E-state index contributed by atoms with van der Waals surface area (Å²) >= 11 is 9.25. The second kappa shape index (κ2) is 2.15. The zero-order chi connectivity index (χ0) is 5.98. The van der Waals surface area contributed by atoms with Crippen molar-refractivity contribution in [1.29, 1.82) is 0 Å². The molecule has 1 heterocycles. The first kappa shape index (κ1) is 5.58. The summed E-state index contributed by atoms with van der Waals surface area (Å²) < 4.78 is 0. The molecule has 0 fully saturated rings. The maximum absolute atomic E-state index is 4.64. The van der Waals surface area contributed by atoms with Crippen molar-refractivity contribution in [3.05, 3.63) is 0 Å². The average molecular weight is 143 g/mol. The highest BCUT2D eigenvalue weighted by Gasteiger charge is 2.01. The van der Waals surface area contributed by atoms with Gasteiger partial charge in [0, 0.05) is 0 Å². The van der Waals surface area contributed by atoms with Gasteiger partial charge in [-0.1, -0.05) is 24.4 Å². The molecule has 40 valence electrons. The Kier molecular flexibility index (Phi) is 1.50. The number of rotatable bonds is 0. The van der Waals surface area contributed by atoms with Crippen LogP contribution in [0.1, 0.15) is 0 Å². The molecule has 0 N–H and O–H groups in total. The lowest BCUT2D eigenvalue weighted by Crippen LogP contribution is -2.04. The van der Waals surface area contributed by atoms with Crippen LogP contribution in [0.3, 0.4) is 0 Å². The number of nitrogens with zero attached hydrogens (tertiary/aromatic N) is 3. The molecule has 1 rings (SSSR count). The number of azo groups is 1. The lowest BCUT2D eigenvalue weighted by molar-refractivity contribution is 1.37. The molecule has 0 unspecified atom stereocenters. The predicted molar refractivity (Wildman–Crippen MR) is 38.5 cm³/mol. The van der Waals surface area contributed by atoms with Gasteiger partial charge in [-0.25, -0.2) is 4.99 Å². The summed E-state index contributed by atoms with van der Waals surface area (Å²) in [6.45, 7) is 0. The number of hydrogen-bond donors (Lipinski definition) is 0. The van der Waals surface area contributed by atoms with E-state index in [1.54, 1.807) is 0 Å². The second-order valence-corrected chi connectivity index (χ2v) is 1.84. The Hall–Kier alpha value is -0.550. The quantitative estimate of drug-likeness (QED) is 0.477. The molecule has 0 aromatic rings. The van der Waals surface area contributed by atoms with Crippen molar-refractivity contribution in [1.82, 2.24) is 0 Å². The molecule has 1 aliphatic rings. The van der Waals surface area contributed by atoms with Gasteiger partial charge < -0.3 is 0 Å². The summed E-state index contributed by atoms with van der Waals surface area (Å²) in [5, 5.41) is 6.89. The van der Waals surface area contributed by atoms with Crippen molar-refractivity contribution in [3.8, 4) is 0 Å². The molecule has 0 bridgehead atoms. The fourth-order valence-electron chi connectivity index (χ4n) is 0.255. The van der Waals surface area contributed by atoms with Gasteiger partial charge in [0.15, 0.2) is 9.98 Å². The van der Waals surface area contributed by atoms with Crippen LogP contribution in [0.25, 0.3) is 0 Å². The van der Waals surface area contributed by atoms with E-state index in [9.17, 15) is 0 Å². The Balaban J connectivity index is 2.89. The SMILES string of the molecule is S=C1N=CN=NC1=S. The topological polar surface area (TPSA) is 37.1 Å². The standard InChI is InChI=1S/C3HN3S2/c7-2-3(8)6-5-1-4-2/h1H. The van der Waals surface area contributed by atoms with Crippen LogP contribution in [0, 0.1) is 0 Å². The molecule has 5 heteroatoms. The van der Waals surface area contributed by atoms with E-state index in [2.05, 4.69) is 39.7 Å². The van der Waals surface area contributed by atoms with Crippen LogP contribution < -0.4 is 0 Å². The summed E-state index contributed by atoms with van der Waals surface area (Å²) in [6.07, 6.45) is 1.28. The number of thiocarbonyl (C=S) groups is 2. The van der Waals surface area contributed by atoms with Crippen molar-refractivity contribution >= 4 is 40.8 Å². The first-order valence-electron chi connectivity index (χ1n) is 1.82. The highest BCUT2D eigenvalue weighted by atomic mass is 32.1. The lowest BCUT2D eigenvalue weighted by atomic mass is 10.6. The lowest BCUT2D eigenvalue weighted by Gasteiger charge is -1.92. The minimum Gasteiger partial charge on any atom is -0.220 e. The largest absolute Gasteiger partial charge is 0.220 e. The molecular formula is C3HN3S2. The first-order chi connectivity index (χ1) is 3.80. The molecule has 0 aromatic heterocycles. The third-order valence-electron chi connectivity index (χ3n) is 0.558. The fraction of sp³-hybridized carbons (Fsp3) is 0. The highest BCUT2D eigenvalue weighted by molar-refractivity contribution is 7.89. The van der Waals surface area contributed by atoms with Gasteiger partial charge in [0.05, 0.1) is 0 Å². The summed E-state index contributed by atoms with van der Waals surface area (Å²) in [7, 11) is 0. The summed E-state index contributed by atoms with van der Waals surface area (Å²) in [5.41, 5.74) is 0. The molecule has 0 saturated carbocycles. The molecule has 0 aliphatic carbocycles. The Morgan fingerprint density at radius 3 is 2.38 bits per heavy atom. The normalized spacial score (nSPS) is 17.5. The van der Waals surface area contributed by atoms with Crippen molar-refractivity contribution < 1.29 is 0 Å². The van der Waals surface area contributed by atoms with Crippen molar-refractivity contribution in [2.24, 2.45) is 15.2 Å². The monoisotopic (exact) mass is 143 g/mol. The second-order valence-electron chi connectivity index (χ2n) is 1.07. The Labute approximate surface area is 56.5 Å². The van der Waals surface area contributed by atoms with Gasteiger partial charge in [0.25, 0.3) is 0 Å². The molecular weight excluding hydrogens is 142 g/mol. The molecule has 3 nitrogen and oxygen atoms in total. The van der Waals surface area contributed by atoms with E-state index in [4.69, 9.17) is 0 Å². The first-order valence-corrected chi connectivity index (χ1v) is 2.64. The minimum atomic E-state index is 0.294. The molecule has 0 saturated heterocycles. The third-order valence-corrected chi connectivity index (χ3v) is 1.26. The van der Waals surface area contributed by atoms with Gasteiger partial charge in [-0.3, -0.25) is 0 Å². The Bertz CT molecular complexity index is 171. The smallest absolute Gasteiger partial charge is 0.185 e. The third kappa shape index (κ3) is 0.988. The summed E-state index contributed by atoms with van der Waals surface area (Å²) in [4.78, 5) is 4.25. The van der Waals surface area contributed by atoms with Gasteiger partial charge in [0.2, 0.25) is 0 Å². The van der Waals surface area contributed by atoms with Gasteiger partial charge in [-0.05, 0) is 0 Å². The number of hydrogen-bond acceptors (Lipinski definition) is 3. The van der Waals surface area contributed by atoms with Crippen LogP contribution in [-0.4, -0.2) is 16.3 Å². The predicted octanol–water partition coefficient (Wildman–Crippen LogP) is 1.14. The van der Waals surface area contributed by atoms with E-state index in [1.807, 2.05) is 0 Å². The molecule has 0 radical (unpaired) electrons. The highest BCUT2D eigenvalue weighted by Crippen LogP contribution is 1.93. The molecule has 0 aromatic carbocycles. The van der Waals surface area contributed by atoms with E-state index < -0.39 is 0 Å². The Morgan fingerprint density at radius 1 is 1.25 bits per heavy atom. The van der Waals surface area contributed by atoms with E-state index in [-0.39, 0.29) is 0 Å². The average Bonchev–Trinajstić information content (AvgIpc) is 1.77. The van der Waals surface area contributed by atoms with E-state index in [1.165, 1.54) is 6.34 Å². The maximum Gasteiger partial charge on any atom is 0.185 e. The van der Waals surface area contributed by atoms with Crippen molar-refractivity contribution in [3.63, 3.8) is 0 Å². The van der Waals surface area contributed by atoms with Crippen LogP contribution in [0.2, 0.25) is 0 Å². The van der Waals surface area contributed by atoms with Crippen molar-refractivity contribution in [2.75, 3.05) is 0 Å². The molecule has 0 spiro atoms. The van der Waals surface area contributed by atoms with Crippen LogP contribution in [0.5, 0.6) is 0 Å². The van der Waals surface area contributed by atoms with Gasteiger partial charge in [0.1, 0.15) is 6.34 Å². The van der Waals surface area contributed by atoms with Gasteiger partial charge >= 0.3 is 0 Å². The van der Waals surface area contributed by atoms with Crippen LogP contribution in [0.15, 0.2) is 15.2 Å². The van der Waals surface area contributed by atoms with Crippen LogP contribution in [0.4, 0.5) is 0 Å². The van der Waals surface area contributed by atoms with Gasteiger partial charge in [-0.2, -0.15) is 0 Å². The zero-order valence-corrected chi connectivity index (χ0v) is 5.37. The van der Waals surface area contributed by atoms with Crippen molar-refractivity contribution in [2.45, 2.75) is 0 Å². The molecule has 0 atom stereocenters. The molecule has 8 heavy (non-hydrogen) atoms. The minimum absolute atomic E-state index is 0.294. The van der Waals surface area contributed by atoms with Crippen LogP contribution in [-0.2, 0) is 0 Å². The fourth-order valence-corrected chi connectivity index (χ4v) is 0.442.